The Labute approximate surface area is 124 Å². The summed E-state index contributed by atoms with van der Waals surface area (Å²) in [5.41, 5.74) is 2.21. The molecule has 1 aliphatic heterocycles. The standard InChI is InChI=1S/C16H18N2O3/c1-21-14(19)9-4-2-3-6-12-7-5-8-13-15(12)17-10-11-18-16(13)20/h5,7-8,17H,2,4,9-11H2,1H3,(H,18,20). The molecule has 0 aromatic heterocycles. The van der Waals surface area contributed by atoms with Gasteiger partial charge in [-0.15, -0.1) is 0 Å². The van der Waals surface area contributed by atoms with Crippen LogP contribution in [0.1, 0.15) is 35.2 Å². The zero-order valence-electron chi connectivity index (χ0n) is 12.0. The summed E-state index contributed by atoms with van der Waals surface area (Å²) in [5, 5.41) is 6.05. The van der Waals surface area contributed by atoms with Gasteiger partial charge in [-0.2, -0.15) is 0 Å². The first-order chi connectivity index (χ1) is 10.2. The number of carbonyl (C=O) groups excluding carboxylic acids is 2. The Bertz CT molecular complexity index is 599. The number of para-hydroxylation sites is 1. The molecule has 0 spiro atoms. The van der Waals surface area contributed by atoms with Crippen LogP contribution in [0.3, 0.4) is 0 Å². The van der Waals surface area contributed by atoms with Crippen LogP contribution in [0.15, 0.2) is 18.2 Å². The van der Waals surface area contributed by atoms with Crippen LogP contribution in [-0.4, -0.2) is 32.1 Å². The van der Waals surface area contributed by atoms with Crippen LogP contribution < -0.4 is 10.6 Å². The van der Waals surface area contributed by atoms with E-state index in [1.807, 2.05) is 12.1 Å². The van der Waals surface area contributed by atoms with Gasteiger partial charge in [0.1, 0.15) is 0 Å². The van der Waals surface area contributed by atoms with Crippen LogP contribution in [-0.2, 0) is 9.53 Å². The molecule has 0 aliphatic carbocycles. The molecule has 0 saturated heterocycles. The number of carbonyl (C=O) groups is 2. The third-order valence-electron chi connectivity index (χ3n) is 3.15. The van der Waals surface area contributed by atoms with E-state index in [1.54, 1.807) is 6.07 Å². The smallest absolute Gasteiger partial charge is 0.305 e. The number of methoxy groups -OCH3 is 1. The topological polar surface area (TPSA) is 67.4 Å². The van der Waals surface area contributed by atoms with Crippen molar-refractivity contribution in [1.29, 1.82) is 0 Å². The molecule has 0 saturated carbocycles. The fourth-order valence-electron chi connectivity index (χ4n) is 2.08. The number of unbranched alkanes of at least 4 members (excludes halogenated alkanes) is 1. The second-order valence-corrected chi connectivity index (χ2v) is 4.64. The lowest BCUT2D eigenvalue weighted by Crippen LogP contribution is -2.24. The molecule has 5 heteroatoms. The quantitative estimate of drug-likeness (QED) is 0.502. The minimum Gasteiger partial charge on any atom is -0.469 e. The van der Waals surface area contributed by atoms with Crippen molar-refractivity contribution in [3.8, 4) is 11.8 Å². The van der Waals surface area contributed by atoms with E-state index in [4.69, 9.17) is 0 Å². The highest BCUT2D eigenvalue weighted by atomic mass is 16.5. The normalized spacial score (nSPS) is 12.9. The van der Waals surface area contributed by atoms with Crippen LogP contribution >= 0.6 is 0 Å². The number of nitrogens with one attached hydrogen (secondary N) is 2. The Morgan fingerprint density at radius 3 is 2.95 bits per heavy atom. The fourth-order valence-corrected chi connectivity index (χ4v) is 2.08. The molecule has 0 unspecified atom stereocenters. The molecule has 2 rings (SSSR count). The van der Waals surface area contributed by atoms with Gasteiger partial charge in [-0.05, 0) is 18.6 Å². The molecule has 2 N–H and O–H groups in total. The maximum atomic E-state index is 11.9. The molecule has 0 radical (unpaired) electrons. The predicted molar refractivity (Wildman–Crippen MR) is 80.0 cm³/mol. The van der Waals surface area contributed by atoms with Crippen molar-refractivity contribution in [2.24, 2.45) is 0 Å². The molecule has 1 heterocycles. The van der Waals surface area contributed by atoms with E-state index in [-0.39, 0.29) is 11.9 Å². The molecule has 0 atom stereocenters. The minimum absolute atomic E-state index is 0.0793. The Hall–Kier alpha value is -2.48. The molecule has 1 aromatic carbocycles. The minimum atomic E-state index is -0.219. The van der Waals surface area contributed by atoms with Gasteiger partial charge in [0, 0.05) is 31.5 Å². The van der Waals surface area contributed by atoms with Gasteiger partial charge in [0.15, 0.2) is 0 Å². The van der Waals surface area contributed by atoms with Gasteiger partial charge in [-0.1, -0.05) is 17.9 Å². The Balaban J connectivity index is 2.06. The van der Waals surface area contributed by atoms with Gasteiger partial charge in [-0.3, -0.25) is 9.59 Å². The first-order valence-electron chi connectivity index (χ1n) is 6.93. The Kier molecular flexibility index (Phi) is 5.22. The van der Waals surface area contributed by atoms with Crippen molar-refractivity contribution in [1.82, 2.24) is 5.32 Å². The van der Waals surface area contributed by atoms with Crippen LogP contribution in [0.2, 0.25) is 0 Å². The van der Waals surface area contributed by atoms with Gasteiger partial charge >= 0.3 is 5.97 Å². The molecule has 110 valence electrons. The first kappa shape index (κ1) is 14.9. The van der Waals surface area contributed by atoms with Gasteiger partial charge in [0.05, 0.1) is 18.4 Å². The molecule has 0 fully saturated rings. The molecule has 1 aromatic rings. The number of anilines is 1. The second kappa shape index (κ2) is 7.34. The van der Waals surface area contributed by atoms with E-state index in [2.05, 4.69) is 27.2 Å². The van der Waals surface area contributed by atoms with E-state index in [1.165, 1.54) is 7.11 Å². The summed E-state index contributed by atoms with van der Waals surface area (Å²) < 4.78 is 4.57. The molecule has 5 nitrogen and oxygen atoms in total. The highest BCUT2D eigenvalue weighted by Crippen LogP contribution is 2.21. The summed E-state index contributed by atoms with van der Waals surface area (Å²) in [4.78, 5) is 22.9. The molecule has 1 amide bonds. The number of benzene rings is 1. The van der Waals surface area contributed by atoms with Crippen molar-refractivity contribution in [3.05, 3.63) is 29.3 Å². The van der Waals surface area contributed by atoms with Crippen LogP contribution in [0.4, 0.5) is 5.69 Å². The molecule has 21 heavy (non-hydrogen) atoms. The average Bonchev–Trinajstić information content (AvgIpc) is 2.69. The Morgan fingerprint density at radius 2 is 2.14 bits per heavy atom. The maximum absolute atomic E-state index is 11.9. The zero-order valence-corrected chi connectivity index (χ0v) is 12.0. The zero-order chi connectivity index (χ0) is 15.1. The summed E-state index contributed by atoms with van der Waals surface area (Å²) in [6.07, 6.45) is 1.66. The second-order valence-electron chi connectivity index (χ2n) is 4.64. The van der Waals surface area contributed by atoms with Crippen molar-refractivity contribution < 1.29 is 14.3 Å². The summed E-state index contributed by atoms with van der Waals surface area (Å²) in [5.74, 6) is 5.81. The van der Waals surface area contributed by atoms with Crippen molar-refractivity contribution >= 4 is 17.6 Å². The van der Waals surface area contributed by atoms with E-state index >= 15 is 0 Å². The SMILES string of the molecule is COC(=O)CCCC#Cc1cccc2c1NCCNC2=O. The van der Waals surface area contributed by atoms with Crippen LogP contribution in [0.5, 0.6) is 0 Å². The molecular weight excluding hydrogens is 268 g/mol. The molecule has 1 aliphatic rings. The maximum Gasteiger partial charge on any atom is 0.305 e. The van der Waals surface area contributed by atoms with Gasteiger partial charge in [-0.25, -0.2) is 0 Å². The molecular formula is C16H18N2O3. The van der Waals surface area contributed by atoms with Gasteiger partial charge in [0.2, 0.25) is 0 Å². The number of amides is 1. The monoisotopic (exact) mass is 286 g/mol. The third-order valence-corrected chi connectivity index (χ3v) is 3.15. The number of hydrogen-bond acceptors (Lipinski definition) is 4. The summed E-state index contributed by atoms with van der Waals surface area (Å²) in [6.45, 7) is 1.28. The van der Waals surface area contributed by atoms with E-state index in [0.29, 0.717) is 37.9 Å². The number of fused-ring (bicyclic) bond motifs is 1. The number of rotatable bonds is 3. The lowest BCUT2D eigenvalue weighted by molar-refractivity contribution is -0.140. The highest BCUT2D eigenvalue weighted by molar-refractivity contribution is 6.01. The van der Waals surface area contributed by atoms with Crippen LogP contribution in [0.25, 0.3) is 0 Å². The number of ether oxygens (including phenoxy) is 1. The first-order valence-corrected chi connectivity index (χ1v) is 6.93. The van der Waals surface area contributed by atoms with Crippen molar-refractivity contribution in [3.63, 3.8) is 0 Å². The summed E-state index contributed by atoms with van der Waals surface area (Å²) in [7, 11) is 1.38. The lowest BCUT2D eigenvalue weighted by Gasteiger charge is -2.07. The lowest BCUT2D eigenvalue weighted by atomic mass is 10.1. The summed E-state index contributed by atoms with van der Waals surface area (Å²) in [6, 6.07) is 5.49. The fraction of sp³-hybridized carbons (Fsp3) is 0.375. The van der Waals surface area contributed by atoms with Crippen molar-refractivity contribution in [2.45, 2.75) is 19.3 Å². The number of hydrogen-bond donors (Lipinski definition) is 2. The van der Waals surface area contributed by atoms with E-state index in [0.717, 1.165) is 11.3 Å². The highest BCUT2D eigenvalue weighted by Gasteiger charge is 2.16. The largest absolute Gasteiger partial charge is 0.469 e. The van der Waals surface area contributed by atoms with Gasteiger partial charge in [0.25, 0.3) is 5.91 Å². The Morgan fingerprint density at radius 1 is 1.33 bits per heavy atom. The van der Waals surface area contributed by atoms with Crippen molar-refractivity contribution in [2.75, 3.05) is 25.5 Å². The molecule has 0 bridgehead atoms. The van der Waals surface area contributed by atoms with Gasteiger partial charge < -0.3 is 15.4 Å². The van der Waals surface area contributed by atoms with E-state index < -0.39 is 0 Å². The number of esters is 1. The predicted octanol–water partition coefficient (Wildman–Crippen LogP) is 1.54. The average molecular weight is 286 g/mol. The summed E-state index contributed by atoms with van der Waals surface area (Å²) >= 11 is 0. The van der Waals surface area contributed by atoms with Crippen LogP contribution in [0, 0.1) is 11.8 Å². The van der Waals surface area contributed by atoms with E-state index in [9.17, 15) is 9.59 Å². The third kappa shape index (κ3) is 3.99.